The number of halogens is 2. The Bertz CT molecular complexity index is 937. The zero-order chi connectivity index (χ0) is 21.2. The van der Waals surface area contributed by atoms with Crippen molar-refractivity contribution in [2.75, 3.05) is 32.8 Å². The molecule has 0 radical (unpaired) electrons. The Morgan fingerprint density at radius 1 is 1.10 bits per heavy atom. The molecule has 1 aliphatic rings. The molecule has 0 amide bonds. The van der Waals surface area contributed by atoms with Crippen molar-refractivity contribution in [2.24, 2.45) is 0 Å². The van der Waals surface area contributed by atoms with E-state index in [0.717, 1.165) is 11.3 Å². The number of nitrogens with zero attached hydrogens (tertiary/aromatic N) is 4. The van der Waals surface area contributed by atoms with E-state index < -0.39 is 16.6 Å². The van der Waals surface area contributed by atoms with Gasteiger partial charge in [-0.15, -0.1) is 0 Å². The first kappa shape index (κ1) is 21.7. The summed E-state index contributed by atoms with van der Waals surface area (Å²) in [6, 6.07) is 7.84. The molecule has 1 aromatic carbocycles. The summed E-state index contributed by atoms with van der Waals surface area (Å²) in [5, 5.41) is 3.70. The van der Waals surface area contributed by atoms with Crippen LogP contribution in [0.25, 0.3) is 0 Å². The molecule has 0 saturated carbocycles. The fraction of sp³-hybridized carbons (Fsp3) is 0.526. The predicted molar refractivity (Wildman–Crippen MR) is 105 cm³/mol. The highest BCUT2D eigenvalue weighted by molar-refractivity contribution is 7.89. The third kappa shape index (κ3) is 4.59. The maximum absolute atomic E-state index is 13.1. The summed E-state index contributed by atoms with van der Waals surface area (Å²) in [6.45, 7) is 4.93. The second-order valence-corrected chi connectivity index (χ2v) is 8.85. The number of aryl methyl sites for hydroxylation is 1. The highest BCUT2D eigenvalue weighted by Gasteiger charge is 2.34. The zero-order valence-corrected chi connectivity index (χ0v) is 17.6. The Hall–Kier alpha value is -2.04. The molecule has 160 valence electrons. The molecule has 0 N–H and O–H groups in total. The molecule has 0 bridgehead atoms. The second kappa shape index (κ2) is 8.76. The first-order valence-corrected chi connectivity index (χ1v) is 11.0. The molecule has 2 aromatic rings. The second-order valence-electron chi connectivity index (χ2n) is 6.98. The van der Waals surface area contributed by atoms with Crippen LogP contribution in [0.5, 0.6) is 5.75 Å². The molecule has 1 aromatic heterocycles. The average Bonchev–Trinajstić information content (AvgIpc) is 2.99. The SMILES string of the molecule is CCOc1ccc(CN2CCN(S(=O)(=O)c3c(C)nn(C(F)F)c3C)CC2)cc1. The number of hydrogen-bond donors (Lipinski definition) is 0. The van der Waals surface area contributed by atoms with Crippen molar-refractivity contribution in [2.45, 2.75) is 38.8 Å². The fourth-order valence-corrected chi connectivity index (χ4v) is 5.37. The van der Waals surface area contributed by atoms with E-state index in [1.165, 1.54) is 18.2 Å². The smallest absolute Gasteiger partial charge is 0.333 e. The molecule has 0 atom stereocenters. The maximum atomic E-state index is 13.1. The van der Waals surface area contributed by atoms with E-state index >= 15 is 0 Å². The lowest BCUT2D eigenvalue weighted by molar-refractivity contribution is 0.0538. The number of alkyl halides is 2. The minimum atomic E-state index is -3.87. The van der Waals surface area contributed by atoms with Gasteiger partial charge in [0.25, 0.3) is 0 Å². The molecule has 10 heteroatoms. The van der Waals surface area contributed by atoms with E-state index in [-0.39, 0.29) is 16.3 Å². The molecular weight excluding hydrogens is 402 g/mol. The van der Waals surface area contributed by atoms with Crippen molar-refractivity contribution >= 4 is 10.0 Å². The summed E-state index contributed by atoms with van der Waals surface area (Å²) in [7, 11) is -3.87. The topological polar surface area (TPSA) is 67.7 Å². The van der Waals surface area contributed by atoms with Crippen LogP contribution in [0.3, 0.4) is 0 Å². The number of sulfonamides is 1. The Labute approximate surface area is 169 Å². The Kier molecular flexibility index (Phi) is 6.55. The zero-order valence-electron chi connectivity index (χ0n) is 16.8. The van der Waals surface area contributed by atoms with Crippen LogP contribution in [0.1, 0.15) is 30.4 Å². The lowest BCUT2D eigenvalue weighted by atomic mass is 10.2. The molecule has 2 heterocycles. The van der Waals surface area contributed by atoms with Gasteiger partial charge in [0.2, 0.25) is 10.0 Å². The van der Waals surface area contributed by atoms with E-state index in [1.54, 1.807) is 0 Å². The van der Waals surface area contributed by atoms with Gasteiger partial charge in [0.05, 0.1) is 18.0 Å². The number of ether oxygens (including phenoxy) is 1. The van der Waals surface area contributed by atoms with Crippen LogP contribution >= 0.6 is 0 Å². The first-order valence-electron chi connectivity index (χ1n) is 9.52. The number of rotatable bonds is 7. The lowest BCUT2D eigenvalue weighted by Crippen LogP contribution is -2.48. The van der Waals surface area contributed by atoms with E-state index in [0.29, 0.717) is 44.0 Å². The van der Waals surface area contributed by atoms with Crippen LogP contribution < -0.4 is 4.74 Å². The molecule has 7 nitrogen and oxygen atoms in total. The van der Waals surface area contributed by atoms with Gasteiger partial charge < -0.3 is 4.74 Å². The highest BCUT2D eigenvalue weighted by atomic mass is 32.2. The molecule has 0 aliphatic carbocycles. The largest absolute Gasteiger partial charge is 0.494 e. The fourth-order valence-electron chi connectivity index (χ4n) is 3.58. The number of piperazine rings is 1. The van der Waals surface area contributed by atoms with Gasteiger partial charge in [-0.3, -0.25) is 4.90 Å². The third-order valence-corrected chi connectivity index (χ3v) is 7.16. The van der Waals surface area contributed by atoms with Crippen molar-refractivity contribution in [3.05, 3.63) is 41.2 Å². The van der Waals surface area contributed by atoms with Gasteiger partial charge in [0.15, 0.2) is 0 Å². The van der Waals surface area contributed by atoms with E-state index in [9.17, 15) is 17.2 Å². The van der Waals surface area contributed by atoms with Gasteiger partial charge >= 0.3 is 6.55 Å². The molecular formula is C19H26F2N4O3S. The van der Waals surface area contributed by atoms with Gasteiger partial charge in [0.1, 0.15) is 10.6 Å². The van der Waals surface area contributed by atoms with Crippen LogP contribution in [0.2, 0.25) is 0 Å². The quantitative estimate of drug-likeness (QED) is 0.679. The van der Waals surface area contributed by atoms with Crippen LogP contribution in [-0.2, 0) is 16.6 Å². The van der Waals surface area contributed by atoms with E-state index in [4.69, 9.17) is 4.74 Å². The van der Waals surface area contributed by atoms with Crippen LogP contribution in [0.15, 0.2) is 29.2 Å². The molecule has 0 spiro atoms. The lowest BCUT2D eigenvalue weighted by Gasteiger charge is -2.34. The molecule has 1 aliphatic heterocycles. The first-order chi connectivity index (χ1) is 13.7. The van der Waals surface area contributed by atoms with Crippen LogP contribution in [0, 0.1) is 13.8 Å². The summed E-state index contributed by atoms with van der Waals surface area (Å²) >= 11 is 0. The maximum Gasteiger partial charge on any atom is 0.333 e. The molecule has 29 heavy (non-hydrogen) atoms. The van der Waals surface area contributed by atoms with Crippen molar-refractivity contribution < 1.29 is 21.9 Å². The van der Waals surface area contributed by atoms with Gasteiger partial charge in [-0.1, -0.05) is 12.1 Å². The van der Waals surface area contributed by atoms with Gasteiger partial charge in [-0.25, -0.2) is 13.1 Å². The molecule has 1 fully saturated rings. The monoisotopic (exact) mass is 428 g/mol. The minimum Gasteiger partial charge on any atom is -0.494 e. The average molecular weight is 429 g/mol. The molecule has 3 rings (SSSR count). The molecule has 0 unspecified atom stereocenters. The summed E-state index contributed by atoms with van der Waals surface area (Å²) in [4.78, 5) is 2.06. The van der Waals surface area contributed by atoms with Gasteiger partial charge in [-0.2, -0.15) is 18.2 Å². The summed E-state index contributed by atoms with van der Waals surface area (Å²) in [5.74, 6) is 0.822. The highest BCUT2D eigenvalue weighted by Crippen LogP contribution is 2.27. The standard InChI is InChI=1S/C19H26F2N4O3S/c1-4-28-17-7-5-16(6-8-17)13-23-9-11-24(12-10-23)29(26,27)18-14(2)22-25(15(18)3)19(20)21/h5-8,19H,4,9-13H2,1-3H3. The normalized spacial score (nSPS) is 16.5. The van der Waals surface area contributed by atoms with Crippen molar-refractivity contribution in [1.82, 2.24) is 19.0 Å². The number of hydrogen-bond acceptors (Lipinski definition) is 5. The summed E-state index contributed by atoms with van der Waals surface area (Å²) in [5.41, 5.74) is 1.18. The van der Waals surface area contributed by atoms with Crippen LogP contribution in [-0.4, -0.2) is 60.2 Å². The van der Waals surface area contributed by atoms with Gasteiger partial charge in [0, 0.05) is 32.7 Å². The number of benzene rings is 1. The Morgan fingerprint density at radius 3 is 2.24 bits per heavy atom. The minimum absolute atomic E-state index is 0.0330. The van der Waals surface area contributed by atoms with Crippen molar-refractivity contribution in [3.63, 3.8) is 0 Å². The predicted octanol–water partition coefficient (Wildman–Crippen LogP) is 2.80. The van der Waals surface area contributed by atoms with Gasteiger partial charge in [-0.05, 0) is 38.5 Å². The van der Waals surface area contributed by atoms with E-state index in [2.05, 4.69) is 10.00 Å². The number of aromatic nitrogens is 2. The molecule has 1 saturated heterocycles. The third-order valence-electron chi connectivity index (χ3n) is 5.01. The Balaban J connectivity index is 1.65. The Morgan fingerprint density at radius 2 is 1.72 bits per heavy atom. The van der Waals surface area contributed by atoms with E-state index in [1.807, 2.05) is 31.2 Å². The van der Waals surface area contributed by atoms with Crippen molar-refractivity contribution in [1.29, 1.82) is 0 Å². The summed E-state index contributed by atoms with van der Waals surface area (Å²) < 4.78 is 59.4. The van der Waals surface area contributed by atoms with Crippen molar-refractivity contribution in [3.8, 4) is 5.75 Å². The van der Waals surface area contributed by atoms with Crippen LogP contribution in [0.4, 0.5) is 8.78 Å². The summed E-state index contributed by atoms with van der Waals surface area (Å²) in [6.07, 6.45) is 0.